The highest BCUT2D eigenvalue weighted by molar-refractivity contribution is 5.75. The number of imidazole rings is 1. The number of carbonyl (C=O) groups is 2. The van der Waals surface area contributed by atoms with E-state index in [1.165, 1.54) is 0 Å². The van der Waals surface area contributed by atoms with Crippen molar-refractivity contribution < 1.29 is 14.3 Å². The van der Waals surface area contributed by atoms with Crippen molar-refractivity contribution in [3.63, 3.8) is 0 Å². The van der Waals surface area contributed by atoms with Gasteiger partial charge in [0.05, 0.1) is 6.33 Å². The predicted octanol–water partition coefficient (Wildman–Crippen LogP) is 1.48. The summed E-state index contributed by atoms with van der Waals surface area (Å²) in [5.74, 6) is -0.0406. The number of nitrogens with one attached hydrogen (secondary N) is 2. The fraction of sp³-hybridized carbons (Fsp3) is 0.667. The van der Waals surface area contributed by atoms with Crippen LogP contribution in [0.15, 0.2) is 12.5 Å². The summed E-state index contributed by atoms with van der Waals surface area (Å²) in [6.45, 7) is 8.79. The normalized spacial score (nSPS) is 11.1. The molecule has 0 radical (unpaired) electrons. The first-order valence-electron chi connectivity index (χ1n) is 7.54. The predicted molar refractivity (Wildman–Crippen MR) is 83.5 cm³/mol. The van der Waals surface area contributed by atoms with Crippen molar-refractivity contribution in [2.24, 2.45) is 0 Å². The fourth-order valence-corrected chi connectivity index (χ4v) is 1.78. The summed E-state index contributed by atoms with van der Waals surface area (Å²) in [6.07, 6.45) is 4.36. The molecule has 0 aliphatic heterocycles. The van der Waals surface area contributed by atoms with Crippen molar-refractivity contribution in [3.05, 3.63) is 18.2 Å². The summed E-state index contributed by atoms with van der Waals surface area (Å²) in [4.78, 5) is 27.3. The molecule has 1 heterocycles. The van der Waals surface area contributed by atoms with Gasteiger partial charge in [0.1, 0.15) is 12.1 Å². The molecule has 22 heavy (non-hydrogen) atoms. The van der Waals surface area contributed by atoms with Crippen LogP contribution in [0.5, 0.6) is 0 Å². The molecule has 0 spiro atoms. The van der Waals surface area contributed by atoms with Crippen LogP contribution >= 0.6 is 0 Å². The van der Waals surface area contributed by atoms with Crippen LogP contribution in [0.1, 0.15) is 39.8 Å². The molecule has 2 N–H and O–H groups in total. The van der Waals surface area contributed by atoms with Crippen molar-refractivity contribution in [1.82, 2.24) is 20.2 Å². The molecular weight excluding hydrogens is 284 g/mol. The molecule has 1 rings (SSSR count). The monoisotopic (exact) mass is 310 g/mol. The van der Waals surface area contributed by atoms with Gasteiger partial charge in [-0.05, 0) is 27.2 Å². The minimum Gasteiger partial charge on any atom is -0.444 e. The number of amides is 2. The second-order valence-corrected chi connectivity index (χ2v) is 6.04. The van der Waals surface area contributed by atoms with Crippen molar-refractivity contribution in [3.8, 4) is 0 Å². The van der Waals surface area contributed by atoms with Crippen molar-refractivity contribution >= 4 is 12.0 Å². The lowest BCUT2D eigenvalue weighted by molar-refractivity contribution is -0.121. The lowest BCUT2D eigenvalue weighted by Crippen LogP contribution is -2.34. The van der Waals surface area contributed by atoms with E-state index in [1.807, 2.05) is 27.7 Å². The molecule has 0 aliphatic rings. The van der Waals surface area contributed by atoms with Gasteiger partial charge in [0.2, 0.25) is 5.91 Å². The number of carbonyl (C=O) groups excluding carboxylic acids is 2. The third-order valence-corrected chi connectivity index (χ3v) is 2.73. The highest BCUT2D eigenvalue weighted by Gasteiger charge is 2.15. The van der Waals surface area contributed by atoms with Gasteiger partial charge in [-0.3, -0.25) is 4.79 Å². The van der Waals surface area contributed by atoms with Crippen LogP contribution in [-0.2, 0) is 22.5 Å². The van der Waals surface area contributed by atoms with Crippen LogP contribution in [0.25, 0.3) is 0 Å². The van der Waals surface area contributed by atoms with Crippen LogP contribution in [-0.4, -0.2) is 40.2 Å². The van der Waals surface area contributed by atoms with E-state index >= 15 is 0 Å². The standard InChI is InChI=1S/C15H26N4O3/c1-5-7-17-13(20)10-19-11-16-9-12(19)6-8-18-14(21)22-15(2,3)4/h9,11H,5-8,10H2,1-4H3,(H,17,20)(H,18,21). The summed E-state index contributed by atoms with van der Waals surface area (Å²) in [5, 5.41) is 5.51. The van der Waals surface area contributed by atoms with Crippen molar-refractivity contribution in [2.75, 3.05) is 13.1 Å². The first kappa shape index (κ1) is 18.0. The average molecular weight is 310 g/mol. The molecule has 1 aromatic rings. The molecule has 124 valence electrons. The summed E-state index contributed by atoms with van der Waals surface area (Å²) in [7, 11) is 0. The second kappa shape index (κ2) is 8.41. The topological polar surface area (TPSA) is 85.3 Å². The Kier molecular flexibility index (Phi) is 6.88. The minimum absolute atomic E-state index is 0.0406. The Morgan fingerprint density at radius 2 is 2.00 bits per heavy atom. The zero-order valence-corrected chi connectivity index (χ0v) is 13.8. The highest BCUT2D eigenvalue weighted by atomic mass is 16.6. The number of hydrogen-bond acceptors (Lipinski definition) is 4. The number of alkyl carbamates (subject to hydrolysis) is 1. The first-order chi connectivity index (χ1) is 10.3. The summed E-state index contributed by atoms with van der Waals surface area (Å²) >= 11 is 0. The third-order valence-electron chi connectivity index (χ3n) is 2.73. The molecule has 7 nitrogen and oxygen atoms in total. The Bertz CT molecular complexity index is 491. The average Bonchev–Trinajstić information content (AvgIpc) is 2.81. The van der Waals surface area contributed by atoms with E-state index in [2.05, 4.69) is 15.6 Å². The van der Waals surface area contributed by atoms with Gasteiger partial charge < -0.3 is 19.9 Å². The molecule has 0 fully saturated rings. The maximum Gasteiger partial charge on any atom is 0.407 e. The lowest BCUT2D eigenvalue weighted by atomic mass is 10.2. The zero-order valence-electron chi connectivity index (χ0n) is 13.8. The zero-order chi connectivity index (χ0) is 16.6. The molecule has 2 amide bonds. The van der Waals surface area contributed by atoms with Gasteiger partial charge in [0.25, 0.3) is 0 Å². The largest absolute Gasteiger partial charge is 0.444 e. The van der Waals surface area contributed by atoms with Gasteiger partial charge in [-0.1, -0.05) is 6.92 Å². The Balaban J connectivity index is 2.40. The third kappa shape index (κ3) is 7.10. The Morgan fingerprint density at radius 1 is 1.27 bits per heavy atom. The van der Waals surface area contributed by atoms with E-state index in [4.69, 9.17) is 4.74 Å². The Hall–Kier alpha value is -2.05. The maximum absolute atomic E-state index is 11.7. The number of hydrogen-bond donors (Lipinski definition) is 2. The van der Waals surface area contributed by atoms with Crippen LogP contribution < -0.4 is 10.6 Å². The molecule has 0 aliphatic carbocycles. The second-order valence-electron chi connectivity index (χ2n) is 6.04. The molecule has 0 saturated heterocycles. The first-order valence-corrected chi connectivity index (χ1v) is 7.54. The van der Waals surface area contributed by atoms with E-state index in [-0.39, 0.29) is 12.5 Å². The van der Waals surface area contributed by atoms with Crippen LogP contribution in [0.3, 0.4) is 0 Å². The smallest absolute Gasteiger partial charge is 0.407 e. The number of rotatable bonds is 7. The molecular formula is C15H26N4O3. The maximum atomic E-state index is 11.7. The van der Waals surface area contributed by atoms with Gasteiger partial charge in [0.15, 0.2) is 0 Å². The molecule has 1 aromatic heterocycles. The van der Waals surface area contributed by atoms with Crippen LogP contribution in [0.4, 0.5) is 4.79 Å². The number of nitrogens with zero attached hydrogens (tertiary/aromatic N) is 2. The molecule has 0 unspecified atom stereocenters. The summed E-state index contributed by atoms with van der Waals surface area (Å²) in [6, 6.07) is 0. The van der Waals surface area contributed by atoms with E-state index in [9.17, 15) is 9.59 Å². The molecule has 0 aromatic carbocycles. The lowest BCUT2D eigenvalue weighted by Gasteiger charge is -2.19. The van der Waals surface area contributed by atoms with E-state index in [1.54, 1.807) is 17.1 Å². The van der Waals surface area contributed by atoms with Crippen LogP contribution in [0.2, 0.25) is 0 Å². The Morgan fingerprint density at radius 3 is 2.64 bits per heavy atom. The van der Waals surface area contributed by atoms with Gasteiger partial charge in [0, 0.05) is 31.4 Å². The van der Waals surface area contributed by atoms with Gasteiger partial charge in [-0.25, -0.2) is 9.78 Å². The van der Waals surface area contributed by atoms with Crippen molar-refractivity contribution in [2.45, 2.75) is 52.7 Å². The van der Waals surface area contributed by atoms with E-state index in [0.717, 1.165) is 12.1 Å². The molecule has 7 heteroatoms. The number of ether oxygens (including phenoxy) is 1. The summed E-state index contributed by atoms with van der Waals surface area (Å²) < 4.78 is 6.94. The molecule has 0 atom stereocenters. The molecule has 0 bridgehead atoms. The number of aromatic nitrogens is 2. The minimum atomic E-state index is -0.511. The van der Waals surface area contributed by atoms with Gasteiger partial charge in [-0.15, -0.1) is 0 Å². The van der Waals surface area contributed by atoms with Crippen LogP contribution in [0, 0.1) is 0 Å². The Labute approximate surface area is 131 Å². The van der Waals surface area contributed by atoms with E-state index in [0.29, 0.717) is 19.5 Å². The van der Waals surface area contributed by atoms with Gasteiger partial charge >= 0.3 is 6.09 Å². The van der Waals surface area contributed by atoms with Gasteiger partial charge in [-0.2, -0.15) is 0 Å². The SMILES string of the molecule is CCCNC(=O)Cn1cncc1CCNC(=O)OC(C)(C)C. The van der Waals surface area contributed by atoms with Crippen molar-refractivity contribution in [1.29, 1.82) is 0 Å². The molecule has 0 saturated carbocycles. The fourth-order valence-electron chi connectivity index (χ4n) is 1.78. The highest BCUT2D eigenvalue weighted by Crippen LogP contribution is 2.06. The quantitative estimate of drug-likeness (QED) is 0.799. The van der Waals surface area contributed by atoms with E-state index < -0.39 is 11.7 Å². The summed E-state index contributed by atoms with van der Waals surface area (Å²) in [5.41, 5.74) is 0.381.